The van der Waals surface area contributed by atoms with Crippen LogP contribution in [0.1, 0.15) is 5.56 Å². The molecule has 0 fully saturated rings. The molecular weight excluding hydrogens is 184 g/mol. The van der Waals surface area contributed by atoms with Crippen molar-refractivity contribution >= 4 is 6.29 Å². The highest BCUT2D eigenvalue weighted by Gasteiger charge is 2.03. The predicted octanol–water partition coefficient (Wildman–Crippen LogP) is 0.765. The highest BCUT2D eigenvalue weighted by molar-refractivity contribution is 5.51. The first-order valence-electron chi connectivity index (χ1n) is 4.16. The quantitative estimate of drug-likeness (QED) is 0.706. The standard InChI is InChI=1S/C10H12O4/c1-13-10-6-9(14-5-4-11)3-2-8(10)7-12/h2-4,6,12H,5,7H2,1H3. The highest BCUT2D eigenvalue weighted by Crippen LogP contribution is 2.24. The number of aliphatic hydroxyl groups excluding tert-OH is 1. The molecule has 0 bridgehead atoms. The summed E-state index contributed by atoms with van der Waals surface area (Å²) in [4.78, 5) is 10.1. The Kier molecular flexibility index (Phi) is 3.94. The molecule has 1 N–H and O–H groups in total. The summed E-state index contributed by atoms with van der Waals surface area (Å²) in [5.41, 5.74) is 0.686. The zero-order valence-corrected chi connectivity index (χ0v) is 7.90. The summed E-state index contributed by atoms with van der Waals surface area (Å²) in [6, 6.07) is 5.01. The van der Waals surface area contributed by atoms with Gasteiger partial charge >= 0.3 is 0 Å². The predicted molar refractivity (Wildman–Crippen MR) is 50.5 cm³/mol. The van der Waals surface area contributed by atoms with Crippen LogP contribution in [0.3, 0.4) is 0 Å². The summed E-state index contributed by atoms with van der Waals surface area (Å²) < 4.78 is 10.1. The second-order valence-corrected chi connectivity index (χ2v) is 2.61. The number of aliphatic hydroxyl groups is 1. The van der Waals surface area contributed by atoms with Crippen LogP contribution in [0.25, 0.3) is 0 Å². The largest absolute Gasteiger partial charge is 0.496 e. The first-order chi connectivity index (χ1) is 6.81. The first-order valence-corrected chi connectivity index (χ1v) is 4.16. The summed E-state index contributed by atoms with van der Waals surface area (Å²) in [5, 5.41) is 8.94. The fourth-order valence-electron chi connectivity index (χ4n) is 1.08. The van der Waals surface area contributed by atoms with Crippen LogP contribution in [0.4, 0.5) is 0 Å². The second-order valence-electron chi connectivity index (χ2n) is 2.61. The number of aldehydes is 1. The lowest BCUT2D eigenvalue weighted by molar-refractivity contribution is -0.109. The van der Waals surface area contributed by atoms with Crippen molar-refractivity contribution in [2.75, 3.05) is 13.7 Å². The van der Waals surface area contributed by atoms with E-state index in [2.05, 4.69) is 0 Å². The molecule has 4 nitrogen and oxygen atoms in total. The van der Waals surface area contributed by atoms with Gasteiger partial charge < -0.3 is 14.6 Å². The van der Waals surface area contributed by atoms with E-state index in [1.165, 1.54) is 7.11 Å². The van der Waals surface area contributed by atoms with Crippen molar-refractivity contribution < 1.29 is 19.4 Å². The Hall–Kier alpha value is -1.55. The lowest BCUT2D eigenvalue weighted by Gasteiger charge is -2.08. The van der Waals surface area contributed by atoms with Crippen LogP contribution in [0.5, 0.6) is 11.5 Å². The lowest BCUT2D eigenvalue weighted by Crippen LogP contribution is -1.99. The molecule has 0 unspecified atom stereocenters. The van der Waals surface area contributed by atoms with Crippen LogP contribution < -0.4 is 9.47 Å². The Morgan fingerprint density at radius 1 is 1.50 bits per heavy atom. The Morgan fingerprint density at radius 3 is 2.86 bits per heavy atom. The van der Waals surface area contributed by atoms with Gasteiger partial charge in [0.15, 0.2) is 6.29 Å². The van der Waals surface area contributed by atoms with E-state index in [1.54, 1.807) is 18.2 Å². The molecule has 0 aliphatic carbocycles. The second kappa shape index (κ2) is 5.24. The average molecular weight is 196 g/mol. The lowest BCUT2D eigenvalue weighted by atomic mass is 10.2. The minimum Gasteiger partial charge on any atom is -0.496 e. The van der Waals surface area contributed by atoms with Crippen molar-refractivity contribution in [3.8, 4) is 11.5 Å². The number of ether oxygens (including phenoxy) is 2. The molecule has 0 saturated carbocycles. The van der Waals surface area contributed by atoms with E-state index in [0.717, 1.165) is 0 Å². The topological polar surface area (TPSA) is 55.8 Å². The van der Waals surface area contributed by atoms with Crippen LogP contribution >= 0.6 is 0 Å². The SMILES string of the molecule is COc1cc(OCC=O)ccc1CO. The van der Waals surface area contributed by atoms with Crippen molar-refractivity contribution in [1.82, 2.24) is 0 Å². The Morgan fingerprint density at radius 2 is 2.29 bits per heavy atom. The fraction of sp³-hybridized carbons (Fsp3) is 0.300. The zero-order valence-electron chi connectivity index (χ0n) is 7.90. The van der Waals surface area contributed by atoms with Gasteiger partial charge in [0.25, 0.3) is 0 Å². The van der Waals surface area contributed by atoms with Gasteiger partial charge in [0.2, 0.25) is 0 Å². The molecule has 0 radical (unpaired) electrons. The summed E-state index contributed by atoms with van der Waals surface area (Å²) in [5.74, 6) is 1.10. The summed E-state index contributed by atoms with van der Waals surface area (Å²) in [6.07, 6.45) is 0.673. The molecule has 4 heteroatoms. The molecule has 0 heterocycles. The molecule has 14 heavy (non-hydrogen) atoms. The van der Waals surface area contributed by atoms with Gasteiger partial charge in [-0.15, -0.1) is 0 Å². The number of methoxy groups -OCH3 is 1. The van der Waals surface area contributed by atoms with E-state index in [0.29, 0.717) is 23.3 Å². The summed E-state index contributed by atoms with van der Waals surface area (Å²) in [6.45, 7) is -0.0707. The van der Waals surface area contributed by atoms with E-state index in [9.17, 15) is 4.79 Å². The average Bonchev–Trinajstić information content (AvgIpc) is 2.25. The van der Waals surface area contributed by atoms with Crippen molar-refractivity contribution in [1.29, 1.82) is 0 Å². The van der Waals surface area contributed by atoms with Gasteiger partial charge in [0, 0.05) is 11.6 Å². The van der Waals surface area contributed by atoms with E-state index in [4.69, 9.17) is 14.6 Å². The van der Waals surface area contributed by atoms with Crippen LogP contribution in [0.2, 0.25) is 0 Å². The molecule has 0 spiro atoms. The number of hydrogen-bond acceptors (Lipinski definition) is 4. The Balaban J connectivity index is 2.83. The molecule has 0 saturated heterocycles. The number of benzene rings is 1. The Labute approximate surface area is 82.1 Å². The highest BCUT2D eigenvalue weighted by atomic mass is 16.5. The molecule has 0 atom stereocenters. The minimum atomic E-state index is -0.0862. The maximum Gasteiger partial charge on any atom is 0.157 e. The summed E-state index contributed by atoms with van der Waals surface area (Å²) in [7, 11) is 1.51. The van der Waals surface area contributed by atoms with Gasteiger partial charge in [-0.3, -0.25) is 4.79 Å². The van der Waals surface area contributed by atoms with Gasteiger partial charge in [-0.2, -0.15) is 0 Å². The molecule has 1 aromatic rings. The monoisotopic (exact) mass is 196 g/mol. The van der Waals surface area contributed by atoms with Crippen LogP contribution in [0, 0.1) is 0 Å². The molecular formula is C10H12O4. The molecule has 0 aliphatic heterocycles. The van der Waals surface area contributed by atoms with E-state index in [1.807, 2.05) is 0 Å². The van der Waals surface area contributed by atoms with Gasteiger partial charge in [-0.1, -0.05) is 0 Å². The smallest absolute Gasteiger partial charge is 0.157 e. The van der Waals surface area contributed by atoms with E-state index in [-0.39, 0.29) is 13.2 Å². The minimum absolute atomic E-state index is 0.0155. The van der Waals surface area contributed by atoms with Crippen LogP contribution in [-0.2, 0) is 11.4 Å². The van der Waals surface area contributed by atoms with Crippen LogP contribution in [0.15, 0.2) is 18.2 Å². The van der Waals surface area contributed by atoms with Crippen LogP contribution in [-0.4, -0.2) is 25.1 Å². The number of carbonyl (C=O) groups excluding carboxylic acids is 1. The van der Waals surface area contributed by atoms with Gasteiger partial charge in [0.05, 0.1) is 13.7 Å². The third-order valence-corrected chi connectivity index (χ3v) is 1.75. The molecule has 1 rings (SSSR count). The van der Waals surface area contributed by atoms with Gasteiger partial charge in [-0.05, 0) is 12.1 Å². The zero-order chi connectivity index (χ0) is 10.4. The van der Waals surface area contributed by atoms with Crippen molar-refractivity contribution in [3.63, 3.8) is 0 Å². The normalized spacial score (nSPS) is 9.57. The summed E-state index contributed by atoms with van der Waals surface area (Å²) >= 11 is 0. The van der Waals surface area contributed by atoms with E-state index < -0.39 is 0 Å². The van der Waals surface area contributed by atoms with Gasteiger partial charge in [-0.25, -0.2) is 0 Å². The Bertz CT molecular complexity index is 309. The van der Waals surface area contributed by atoms with Crippen molar-refractivity contribution in [2.45, 2.75) is 6.61 Å². The third kappa shape index (κ3) is 2.47. The maximum absolute atomic E-state index is 10.1. The van der Waals surface area contributed by atoms with E-state index >= 15 is 0 Å². The fourth-order valence-corrected chi connectivity index (χ4v) is 1.08. The first kappa shape index (κ1) is 10.5. The number of carbonyl (C=O) groups is 1. The molecule has 1 aromatic carbocycles. The van der Waals surface area contributed by atoms with Gasteiger partial charge in [0.1, 0.15) is 18.1 Å². The van der Waals surface area contributed by atoms with Crippen molar-refractivity contribution in [3.05, 3.63) is 23.8 Å². The maximum atomic E-state index is 10.1. The molecule has 0 aliphatic rings. The number of hydrogen-bond donors (Lipinski definition) is 1. The third-order valence-electron chi connectivity index (χ3n) is 1.75. The van der Waals surface area contributed by atoms with Crippen molar-refractivity contribution in [2.24, 2.45) is 0 Å². The molecule has 76 valence electrons. The number of rotatable bonds is 5. The molecule has 0 amide bonds. The molecule has 0 aromatic heterocycles.